The van der Waals surface area contributed by atoms with Gasteiger partial charge in [0.1, 0.15) is 11.9 Å². The Kier molecular flexibility index (Phi) is 6.46. The molecule has 0 amide bonds. The standard InChI is InChI=1S/C24H26FNO2/c1-2-3-4-16-5-7-17(8-6-16)18-11-12-21(24(27)28)22(13-18)19-9-10-20(15-26)23(25)14-19/h9-14,16-17H,2-8H2,1H3,(H,27,28). The fraction of sp³-hybridized carbons (Fsp3) is 0.417. The number of benzene rings is 2. The van der Waals surface area contributed by atoms with E-state index in [-0.39, 0.29) is 11.1 Å². The highest BCUT2D eigenvalue weighted by molar-refractivity contribution is 5.96. The molecular formula is C24H26FNO2. The number of halogens is 1. The molecule has 1 fully saturated rings. The van der Waals surface area contributed by atoms with Gasteiger partial charge in [-0.3, -0.25) is 0 Å². The Bertz CT molecular complexity index is 892. The van der Waals surface area contributed by atoms with Crippen LogP contribution in [0.2, 0.25) is 0 Å². The molecule has 4 heteroatoms. The van der Waals surface area contributed by atoms with Gasteiger partial charge in [-0.2, -0.15) is 5.26 Å². The number of aromatic carboxylic acids is 1. The molecule has 3 nitrogen and oxygen atoms in total. The van der Waals surface area contributed by atoms with Gasteiger partial charge >= 0.3 is 5.97 Å². The van der Waals surface area contributed by atoms with Crippen LogP contribution in [0.1, 0.15) is 79.3 Å². The minimum absolute atomic E-state index is 0.0396. The summed E-state index contributed by atoms with van der Waals surface area (Å²) < 4.78 is 14.1. The van der Waals surface area contributed by atoms with Crippen molar-refractivity contribution in [3.05, 3.63) is 58.9 Å². The van der Waals surface area contributed by atoms with Crippen molar-refractivity contribution in [3.63, 3.8) is 0 Å². The summed E-state index contributed by atoms with van der Waals surface area (Å²) in [7, 11) is 0. The van der Waals surface area contributed by atoms with Gasteiger partial charge in [-0.15, -0.1) is 0 Å². The lowest BCUT2D eigenvalue weighted by Crippen LogP contribution is -2.14. The van der Waals surface area contributed by atoms with Crippen LogP contribution in [-0.2, 0) is 0 Å². The summed E-state index contributed by atoms with van der Waals surface area (Å²) in [6.07, 6.45) is 8.48. The number of carbonyl (C=O) groups is 1. The van der Waals surface area contributed by atoms with Gasteiger partial charge in [0.2, 0.25) is 0 Å². The average Bonchev–Trinajstić information content (AvgIpc) is 2.72. The first kappa shape index (κ1) is 20.1. The van der Waals surface area contributed by atoms with E-state index in [0.717, 1.165) is 24.3 Å². The van der Waals surface area contributed by atoms with Crippen LogP contribution in [0.15, 0.2) is 36.4 Å². The van der Waals surface area contributed by atoms with Gasteiger partial charge < -0.3 is 5.11 Å². The average molecular weight is 379 g/mol. The summed E-state index contributed by atoms with van der Waals surface area (Å²) in [6.45, 7) is 2.23. The summed E-state index contributed by atoms with van der Waals surface area (Å²) >= 11 is 0. The molecule has 1 saturated carbocycles. The van der Waals surface area contributed by atoms with E-state index in [1.54, 1.807) is 18.2 Å². The monoisotopic (exact) mass is 379 g/mol. The molecule has 0 atom stereocenters. The van der Waals surface area contributed by atoms with E-state index in [9.17, 15) is 14.3 Å². The maximum Gasteiger partial charge on any atom is 0.336 e. The summed E-state index contributed by atoms with van der Waals surface area (Å²) in [5.41, 5.74) is 2.25. The van der Waals surface area contributed by atoms with Gasteiger partial charge in [-0.1, -0.05) is 44.4 Å². The number of hydrogen-bond acceptors (Lipinski definition) is 2. The zero-order valence-corrected chi connectivity index (χ0v) is 16.2. The lowest BCUT2D eigenvalue weighted by Gasteiger charge is -2.29. The maximum atomic E-state index is 14.1. The first-order chi connectivity index (χ1) is 13.5. The molecule has 28 heavy (non-hydrogen) atoms. The zero-order chi connectivity index (χ0) is 20.1. The first-order valence-corrected chi connectivity index (χ1v) is 10.1. The van der Waals surface area contributed by atoms with Crippen LogP contribution >= 0.6 is 0 Å². The first-order valence-electron chi connectivity index (χ1n) is 10.1. The predicted molar refractivity (Wildman–Crippen MR) is 108 cm³/mol. The number of nitrogens with zero attached hydrogens (tertiary/aromatic N) is 1. The van der Waals surface area contributed by atoms with Gasteiger partial charge in [-0.25, -0.2) is 9.18 Å². The fourth-order valence-corrected chi connectivity index (χ4v) is 4.29. The Balaban J connectivity index is 1.88. The molecule has 0 aliphatic heterocycles. The minimum atomic E-state index is -1.03. The van der Waals surface area contributed by atoms with E-state index >= 15 is 0 Å². The third-order valence-corrected chi connectivity index (χ3v) is 5.96. The number of carboxylic acid groups (broad SMARTS) is 1. The quantitative estimate of drug-likeness (QED) is 0.621. The van der Waals surface area contributed by atoms with Crippen LogP contribution in [0.4, 0.5) is 4.39 Å². The Hall–Kier alpha value is -2.67. The molecule has 0 bridgehead atoms. The Morgan fingerprint density at radius 2 is 1.93 bits per heavy atom. The van der Waals surface area contributed by atoms with Gasteiger partial charge in [0.15, 0.2) is 0 Å². The van der Waals surface area contributed by atoms with Crippen LogP contribution in [-0.4, -0.2) is 11.1 Å². The third kappa shape index (κ3) is 4.42. The van der Waals surface area contributed by atoms with E-state index in [2.05, 4.69) is 6.92 Å². The SMILES string of the molecule is CCCCC1CCC(c2ccc(C(=O)O)c(-c3ccc(C#N)c(F)c3)c2)CC1. The van der Waals surface area contributed by atoms with Gasteiger partial charge in [0.05, 0.1) is 11.1 Å². The highest BCUT2D eigenvalue weighted by atomic mass is 19.1. The summed E-state index contributed by atoms with van der Waals surface area (Å²) in [4.78, 5) is 11.7. The van der Waals surface area contributed by atoms with E-state index in [1.807, 2.05) is 12.1 Å². The van der Waals surface area contributed by atoms with Crippen LogP contribution in [0.25, 0.3) is 11.1 Å². The molecule has 3 rings (SSSR count). The smallest absolute Gasteiger partial charge is 0.336 e. The topological polar surface area (TPSA) is 61.1 Å². The van der Waals surface area contributed by atoms with Crippen molar-refractivity contribution in [2.24, 2.45) is 5.92 Å². The predicted octanol–water partition coefficient (Wildman–Crippen LogP) is 6.53. The van der Waals surface area contributed by atoms with E-state index in [0.29, 0.717) is 17.0 Å². The van der Waals surface area contributed by atoms with Crippen molar-refractivity contribution in [1.29, 1.82) is 5.26 Å². The van der Waals surface area contributed by atoms with E-state index < -0.39 is 11.8 Å². The largest absolute Gasteiger partial charge is 0.478 e. The molecule has 1 N–H and O–H groups in total. The molecular weight excluding hydrogens is 353 g/mol. The molecule has 1 aliphatic rings. The molecule has 0 aromatic heterocycles. The molecule has 0 heterocycles. The second kappa shape index (κ2) is 9.01. The summed E-state index contributed by atoms with van der Waals surface area (Å²) in [6, 6.07) is 11.5. The number of rotatable bonds is 6. The number of carboxylic acids is 1. The summed E-state index contributed by atoms with van der Waals surface area (Å²) in [5.74, 6) is -0.433. The normalized spacial score (nSPS) is 19.2. The fourth-order valence-electron chi connectivity index (χ4n) is 4.29. The van der Waals surface area contributed by atoms with Crippen molar-refractivity contribution in [2.45, 2.75) is 57.8 Å². The number of nitriles is 1. The zero-order valence-electron chi connectivity index (χ0n) is 16.2. The molecule has 0 spiro atoms. The van der Waals surface area contributed by atoms with Crippen LogP contribution in [0.5, 0.6) is 0 Å². The van der Waals surface area contributed by atoms with Crippen molar-refractivity contribution >= 4 is 5.97 Å². The Labute approximate surface area is 165 Å². The van der Waals surface area contributed by atoms with Gasteiger partial charge in [-0.05, 0) is 72.4 Å². The molecule has 146 valence electrons. The van der Waals surface area contributed by atoms with Gasteiger partial charge in [0, 0.05) is 0 Å². The van der Waals surface area contributed by atoms with Crippen molar-refractivity contribution in [2.75, 3.05) is 0 Å². The summed E-state index contributed by atoms with van der Waals surface area (Å²) in [5, 5.41) is 18.5. The highest BCUT2D eigenvalue weighted by Gasteiger charge is 2.23. The Morgan fingerprint density at radius 3 is 2.54 bits per heavy atom. The molecule has 0 unspecified atom stereocenters. The number of hydrogen-bond donors (Lipinski definition) is 1. The van der Waals surface area contributed by atoms with Crippen molar-refractivity contribution in [1.82, 2.24) is 0 Å². The Morgan fingerprint density at radius 1 is 1.18 bits per heavy atom. The maximum absolute atomic E-state index is 14.1. The van der Waals surface area contributed by atoms with Crippen molar-refractivity contribution < 1.29 is 14.3 Å². The van der Waals surface area contributed by atoms with Crippen LogP contribution < -0.4 is 0 Å². The molecule has 2 aromatic carbocycles. The second-order valence-electron chi connectivity index (χ2n) is 7.78. The number of unbranched alkanes of at least 4 members (excludes halogenated alkanes) is 1. The van der Waals surface area contributed by atoms with E-state index in [1.165, 1.54) is 44.2 Å². The lowest BCUT2D eigenvalue weighted by atomic mass is 9.76. The van der Waals surface area contributed by atoms with Crippen LogP contribution in [0.3, 0.4) is 0 Å². The third-order valence-electron chi connectivity index (χ3n) is 5.96. The molecule has 2 aromatic rings. The van der Waals surface area contributed by atoms with E-state index in [4.69, 9.17) is 5.26 Å². The highest BCUT2D eigenvalue weighted by Crippen LogP contribution is 2.39. The second-order valence-corrected chi connectivity index (χ2v) is 7.78. The van der Waals surface area contributed by atoms with Gasteiger partial charge in [0.25, 0.3) is 0 Å². The van der Waals surface area contributed by atoms with Crippen LogP contribution in [0, 0.1) is 23.1 Å². The molecule has 1 aliphatic carbocycles. The van der Waals surface area contributed by atoms with Crippen molar-refractivity contribution in [3.8, 4) is 17.2 Å². The lowest BCUT2D eigenvalue weighted by molar-refractivity contribution is 0.0697. The molecule has 0 saturated heterocycles. The molecule has 0 radical (unpaired) electrons. The minimum Gasteiger partial charge on any atom is -0.478 e.